The van der Waals surface area contributed by atoms with Crippen molar-refractivity contribution in [3.8, 4) is 0 Å². The third-order valence-corrected chi connectivity index (χ3v) is 2.35. The summed E-state index contributed by atoms with van der Waals surface area (Å²) in [7, 11) is 0. The van der Waals surface area contributed by atoms with Gasteiger partial charge in [0.25, 0.3) is 0 Å². The first-order valence-corrected chi connectivity index (χ1v) is 4.39. The van der Waals surface area contributed by atoms with Crippen molar-refractivity contribution in [2.75, 3.05) is 13.1 Å². The molecule has 1 heterocycles. The molecule has 1 fully saturated rings. The zero-order valence-corrected chi connectivity index (χ0v) is 7.36. The van der Waals surface area contributed by atoms with Crippen LogP contribution in [0.25, 0.3) is 0 Å². The molecule has 1 saturated heterocycles. The van der Waals surface area contributed by atoms with Crippen LogP contribution in [0, 0.1) is 5.92 Å². The Hall–Kier alpha value is -0.610. The van der Waals surface area contributed by atoms with Crippen molar-refractivity contribution in [2.24, 2.45) is 11.7 Å². The van der Waals surface area contributed by atoms with E-state index < -0.39 is 6.23 Å². The fourth-order valence-electron chi connectivity index (χ4n) is 1.60. The predicted molar refractivity (Wildman–Crippen MR) is 45.2 cm³/mol. The Labute approximate surface area is 72.3 Å². The minimum atomic E-state index is -0.606. The SMILES string of the molecule is CCC1CC(O)N(CCN)C1=O. The largest absolute Gasteiger partial charge is 0.373 e. The first-order valence-electron chi connectivity index (χ1n) is 4.39. The van der Waals surface area contributed by atoms with Gasteiger partial charge in [-0.05, 0) is 6.42 Å². The summed E-state index contributed by atoms with van der Waals surface area (Å²) in [6, 6.07) is 0. The van der Waals surface area contributed by atoms with E-state index in [0.717, 1.165) is 6.42 Å². The van der Waals surface area contributed by atoms with Gasteiger partial charge in [-0.15, -0.1) is 0 Å². The molecule has 0 aromatic heterocycles. The Kier molecular flexibility index (Phi) is 3.05. The molecule has 1 rings (SSSR count). The summed E-state index contributed by atoms with van der Waals surface area (Å²) in [6.07, 6.45) is 0.762. The summed E-state index contributed by atoms with van der Waals surface area (Å²) < 4.78 is 0. The number of hydrogen-bond acceptors (Lipinski definition) is 3. The van der Waals surface area contributed by atoms with Gasteiger partial charge in [0.1, 0.15) is 6.23 Å². The zero-order chi connectivity index (χ0) is 9.14. The molecule has 0 bridgehead atoms. The molecule has 1 amide bonds. The van der Waals surface area contributed by atoms with Gasteiger partial charge in [-0.1, -0.05) is 6.92 Å². The van der Waals surface area contributed by atoms with Crippen molar-refractivity contribution in [3.63, 3.8) is 0 Å². The van der Waals surface area contributed by atoms with Gasteiger partial charge in [0.05, 0.1) is 0 Å². The summed E-state index contributed by atoms with van der Waals surface area (Å²) in [4.78, 5) is 12.9. The van der Waals surface area contributed by atoms with Crippen LogP contribution in [0.3, 0.4) is 0 Å². The molecule has 0 radical (unpaired) electrons. The highest BCUT2D eigenvalue weighted by atomic mass is 16.3. The van der Waals surface area contributed by atoms with Gasteiger partial charge >= 0.3 is 0 Å². The van der Waals surface area contributed by atoms with E-state index in [1.54, 1.807) is 0 Å². The number of hydrogen-bond donors (Lipinski definition) is 2. The number of rotatable bonds is 3. The number of aliphatic hydroxyl groups is 1. The summed E-state index contributed by atoms with van der Waals surface area (Å²) >= 11 is 0. The van der Waals surface area contributed by atoms with Crippen LogP contribution < -0.4 is 5.73 Å². The number of carbonyl (C=O) groups is 1. The minimum Gasteiger partial charge on any atom is -0.373 e. The van der Waals surface area contributed by atoms with Crippen LogP contribution >= 0.6 is 0 Å². The van der Waals surface area contributed by atoms with Crippen LogP contribution in [-0.4, -0.2) is 35.2 Å². The molecule has 3 N–H and O–H groups in total. The summed E-state index contributed by atoms with van der Waals surface area (Å²) in [6.45, 7) is 2.84. The molecule has 1 aliphatic heterocycles. The van der Waals surface area contributed by atoms with E-state index in [9.17, 15) is 9.90 Å². The van der Waals surface area contributed by atoms with Crippen LogP contribution in [0.4, 0.5) is 0 Å². The van der Waals surface area contributed by atoms with Crippen molar-refractivity contribution in [1.82, 2.24) is 4.90 Å². The van der Waals surface area contributed by atoms with E-state index in [2.05, 4.69) is 0 Å². The Bertz CT molecular complexity index is 172. The van der Waals surface area contributed by atoms with Crippen LogP contribution in [0.5, 0.6) is 0 Å². The monoisotopic (exact) mass is 172 g/mol. The van der Waals surface area contributed by atoms with Crippen LogP contribution in [-0.2, 0) is 4.79 Å². The summed E-state index contributed by atoms with van der Waals surface area (Å²) in [5, 5.41) is 9.44. The van der Waals surface area contributed by atoms with Crippen molar-refractivity contribution in [3.05, 3.63) is 0 Å². The van der Waals surface area contributed by atoms with Gasteiger partial charge in [0.2, 0.25) is 5.91 Å². The lowest BCUT2D eigenvalue weighted by molar-refractivity contribution is -0.135. The van der Waals surface area contributed by atoms with Crippen molar-refractivity contribution < 1.29 is 9.90 Å². The van der Waals surface area contributed by atoms with Crippen molar-refractivity contribution >= 4 is 5.91 Å². The maximum absolute atomic E-state index is 11.4. The molecule has 12 heavy (non-hydrogen) atoms. The molecule has 0 aliphatic carbocycles. The second-order valence-electron chi connectivity index (χ2n) is 3.14. The maximum atomic E-state index is 11.4. The molecular formula is C8H16N2O2. The third-order valence-electron chi connectivity index (χ3n) is 2.35. The number of nitrogens with two attached hydrogens (primary N) is 1. The Morgan fingerprint density at radius 3 is 2.83 bits per heavy atom. The molecule has 0 aromatic rings. The van der Waals surface area contributed by atoms with E-state index in [4.69, 9.17) is 5.73 Å². The fraction of sp³-hybridized carbons (Fsp3) is 0.875. The molecule has 0 spiro atoms. The van der Waals surface area contributed by atoms with Crippen LogP contribution in [0.2, 0.25) is 0 Å². The number of nitrogens with zero attached hydrogens (tertiary/aromatic N) is 1. The number of carbonyl (C=O) groups excluding carboxylic acids is 1. The molecule has 70 valence electrons. The molecule has 4 heteroatoms. The minimum absolute atomic E-state index is 0.00606. The van der Waals surface area contributed by atoms with Crippen LogP contribution in [0.1, 0.15) is 19.8 Å². The average molecular weight is 172 g/mol. The van der Waals surface area contributed by atoms with E-state index in [-0.39, 0.29) is 11.8 Å². The average Bonchev–Trinajstić information content (AvgIpc) is 2.32. The van der Waals surface area contributed by atoms with Crippen molar-refractivity contribution in [2.45, 2.75) is 26.0 Å². The summed E-state index contributed by atoms with van der Waals surface area (Å²) in [5.41, 5.74) is 5.31. The quantitative estimate of drug-likeness (QED) is 0.604. The fourth-order valence-corrected chi connectivity index (χ4v) is 1.60. The van der Waals surface area contributed by atoms with E-state index >= 15 is 0 Å². The summed E-state index contributed by atoms with van der Waals surface area (Å²) in [5.74, 6) is 0.0574. The second-order valence-corrected chi connectivity index (χ2v) is 3.14. The Morgan fingerprint density at radius 2 is 2.42 bits per heavy atom. The lowest BCUT2D eigenvalue weighted by Gasteiger charge is -2.19. The number of amides is 1. The number of aliphatic hydroxyl groups excluding tert-OH is 1. The number of likely N-dealkylation sites (tertiary alicyclic amines) is 1. The molecule has 2 unspecified atom stereocenters. The van der Waals surface area contributed by atoms with E-state index in [1.807, 2.05) is 6.92 Å². The normalized spacial score (nSPS) is 29.9. The molecule has 0 saturated carbocycles. The van der Waals surface area contributed by atoms with E-state index in [1.165, 1.54) is 4.90 Å². The van der Waals surface area contributed by atoms with Gasteiger partial charge in [-0.2, -0.15) is 0 Å². The molecular weight excluding hydrogens is 156 g/mol. The highest BCUT2D eigenvalue weighted by Gasteiger charge is 2.36. The molecule has 2 atom stereocenters. The molecule has 1 aliphatic rings. The Balaban J connectivity index is 2.57. The van der Waals surface area contributed by atoms with Crippen LogP contribution in [0.15, 0.2) is 0 Å². The van der Waals surface area contributed by atoms with Gasteiger partial charge in [0.15, 0.2) is 0 Å². The van der Waals surface area contributed by atoms with Gasteiger partial charge in [-0.25, -0.2) is 0 Å². The van der Waals surface area contributed by atoms with E-state index in [0.29, 0.717) is 19.5 Å². The van der Waals surface area contributed by atoms with Crippen molar-refractivity contribution in [1.29, 1.82) is 0 Å². The smallest absolute Gasteiger partial charge is 0.227 e. The first-order chi connectivity index (χ1) is 5.70. The van der Waals surface area contributed by atoms with Gasteiger partial charge < -0.3 is 15.7 Å². The maximum Gasteiger partial charge on any atom is 0.227 e. The van der Waals surface area contributed by atoms with Gasteiger partial charge in [-0.3, -0.25) is 4.79 Å². The lowest BCUT2D eigenvalue weighted by atomic mass is 10.1. The standard InChI is InChI=1S/C8H16N2O2/c1-2-6-5-7(11)10(4-3-9)8(6)12/h6-7,11H,2-5,9H2,1H3. The molecule has 4 nitrogen and oxygen atoms in total. The predicted octanol–water partition coefficient (Wildman–Crippen LogP) is -0.478. The van der Waals surface area contributed by atoms with Gasteiger partial charge in [0, 0.05) is 25.4 Å². The first kappa shape index (κ1) is 9.48. The third kappa shape index (κ3) is 1.59. The molecule has 0 aromatic carbocycles. The topological polar surface area (TPSA) is 66.6 Å². The second kappa shape index (κ2) is 3.87. The Morgan fingerprint density at radius 1 is 1.75 bits per heavy atom. The highest BCUT2D eigenvalue weighted by molar-refractivity contribution is 5.81. The zero-order valence-electron chi connectivity index (χ0n) is 7.36. The highest BCUT2D eigenvalue weighted by Crippen LogP contribution is 2.24. The lowest BCUT2D eigenvalue weighted by Crippen LogP contribution is -2.37.